The van der Waals surface area contributed by atoms with E-state index in [1.807, 2.05) is 0 Å². The summed E-state index contributed by atoms with van der Waals surface area (Å²) in [7, 11) is 0. The normalized spacial score (nSPS) is 15.2. The van der Waals surface area contributed by atoms with Crippen LogP contribution >= 0.6 is 0 Å². The minimum absolute atomic E-state index is 0.195. The number of hydrogen-bond donors (Lipinski definition) is 0. The zero-order valence-corrected chi connectivity index (χ0v) is 10.6. The van der Waals surface area contributed by atoms with E-state index in [1.54, 1.807) is 0 Å². The zero-order valence-electron chi connectivity index (χ0n) is 10.6. The fraction of sp³-hybridized carbons (Fsp3) is 0.615. The second-order valence-electron chi connectivity index (χ2n) is 4.56. The molecule has 1 rings (SSSR count). The van der Waals surface area contributed by atoms with E-state index in [-0.39, 0.29) is 12.0 Å². The first-order valence-corrected chi connectivity index (χ1v) is 6.05. The van der Waals surface area contributed by atoms with Gasteiger partial charge in [-0.1, -0.05) is 19.4 Å². The van der Waals surface area contributed by atoms with Gasteiger partial charge in [0.15, 0.2) is 6.61 Å². The van der Waals surface area contributed by atoms with E-state index in [9.17, 15) is 14.4 Å². The highest BCUT2D eigenvalue weighted by Crippen LogP contribution is 2.27. The molecule has 0 aromatic carbocycles. The molecule has 5 heteroatoms. The highest BCUT2D eigenvalue weighted by molar-refractivity contribution is 5.90. The third kappa shape index (κ3) is 5.12. The lowest BCUT2D eigenvalue weighted by Gasteiger charge is -2.08. The molecule has 0 aliphatic heterocycles. The van der Waals surface area contributed by atoms with Gasteiger partial charge >= 0.3 is 17.9 Å². The lowest BCUT2D eigenvalue weighted by molar-refractivity contribution is -0.166. The van der Waals surface area contributed by atoms with Gasteiger partial charge in [-0.3, -0.25) is 4.79 Å². The van der Waals surface area contributed by atoms with Crippen molar-refractivity contribution < 1.29 is 23.9 Å². The molecule has 0 spiro atoms. The number of hydrogen-bond acceptors (Lipinski definition) is 5. The lowest BCUT2D eigenvalue weighted by Crippen LogP contribution is -2.21. The van der Waals surface area contributed by atoms with Gasteiger partial charge < -0.3 is 9.47 Å². The topological polar surface area (TPSA) is 69.7 Å². The summed E-state index contributed by atoms with van der Waals surface area (Å²) in [6.45, 7) is 4.29. The maximum absolute atomic E-state index is 11.4. The number of esters is 3. The molecule has 0 aromatic rings. The number of carbonyl (C=O) groups is 3. The Hall–Kier alpha value is -1.65. The minimum Gasteiger partial charge on any atom is -0.450 e. The van der Waals surface area contributed by atoms with Crippen molar-refractivity contribution in [2.75, 3.05) is 6.61 Å². The third-order valence-electron chi connectivity index (χ3n) is 2.83. The molecule has 18 heavy (non-hydrogen) atoms. The largest absolute Gasteiger partial charge is 0.450 e. The van der Waals surface area contributed by atoms with Crippen LogP contribution in [0.3, 0.4) is 0 Å². The van der Waals surface area contributed by atoms with Crippen molar-refractivity contribution in [1.82, 2.24) is 0 Å². The Bertz CT molecular complexity index is 352. The Morgan fingerprint density at radius 2 is 1.78 bits per heavy atom. The minimum atomic E-state index is -0.840. The number of rotatable bonds is 5. The summed E-state index contributed by atoms with van der Waals surface area (Å²) in [5, 5.41) is 0. The van der Waals surface area contributed by atoms with Gasteiger partial charge in [-0.25, -0.2) is 9.59 Å². The Morgan fingerprint density at radius 1 is 1.17 bits per heavy atom. The Balaban J connectivity index is 2.20. The van der Waals surface area contributed by atoms with Crippen LogP contribution in [0.4, 0.5) is 0 Å². The van der Waals surface area contributed by atoms with Gasteiger partial charge in [-0.05, 0) is 25.7 Å². The van der Waals surface area contributed by atoms with Gasteiger partial charge in [0, 0.05) is 12.0 Å². The summed E-state index contributed by atoms with van der Waals surface area (Å²) < 4.78 is 9.13. The molecular formula is C13H18O5. The molecule has 5 nitrogen and oxygen atoms in total. The van der Waals surface area contributed by atoms with Crippen molar-refractivity contribution in [3.8, 4) is 0 Å². The maximum atomic E-state index is 11.4. The van der Waals surface area contributed by atoms with E-state index in [4.69, 9.17) is 0 Å². The van der Waals surface area contributed by atoms with E-state index < -0.39 is 24.5 Å². The SMILES string of the molecule is C=C(C)C(=O)OCC(=O)OC(=O)CC1CCCC1. The summed E-state index contributed by atoms with van der Waals surface area (Å²) in [4.78, 5) is 33.6. The predicted octanol–water partition coefficient (Wildman–Crippen LogP) is 1.76. The quantitative estimate of drug-likeness (QED) is 0.424. The standard InChI is InChI=1S/C13H18O5/c1-9(2)13(16)17-8-12(15)18-11(14)7-10-5-3-4-6-10/h10H,1,3-8H2,2H3. The van der Waals surface area contributed by atoms with Crippen LogP contribution in [0.25, 0.3) is 0 Å². The van der Waals surface area contributed by atoms with Gasteiger partial charge in [0.25, 0.3) is 0 Å². The van der Waals surface area contributed by atoms with Crippen molar-refractivity contribution in [1.29, 1.82) is 0 Å². The van der Waals surface area contributed by atoms with Gasteiger partial charge in [0.05, 0.1) is 0 Å². The molecule has 1 fully saturated rings. The van der Waals surface area contributed by atoms with Crippen LogP contribution < -0.4 is 0 Å². The van der Waals surface area contributed by atoms with Crippen LogP contribution in [0.1, 0.15) is 39.0 Å². The van der Waals surface area contributed by atoms with E-state index in [2.05, 4.69) is 16.1 Å². The van der Waals surface area contributed by atoms with Crippen LogP contribution in [-0.2, 0) is 23.9 Å². The van der Waals surface area contributed by atoms with Crippen molar-refractivity contribution in [2.24, 2.45) is 5.92 Å². The maximum Gasteiger partial charge on any atom is 0.351 e. The first-order chi connectivity index (χ1) is 8.49. The average Bonchev–Trinajstić information content (AvgIpc) is 2.78. The highest BCUT2D eigenvalue weighted by atomic mass is 16.6. The first kappa shape index (κ1) is 14.4. The molecule has 0 radical (unpaired) electrons. The molecule has 0 bridgehead atoms. The zero-order chi connectivity index (χ0) is 13.5. The molecule has 1 aliphatic carbocycles. The van der Waals surface area contributed by atoms with Crippen LogP contribution in [0.2, 0.25) is 0 Å². The van der Waals surface area contributed by atoms with E-state index in [0.717, 1.165) is 25.7 Å². The van der Waals surface area contributed by atoms with Crippen molar-refractivity contribution >= 4 is 17.9 Å². The fourth-order valence-electron chi connectivity index (χ4n) is 1.90. The Morgan fingerprint density at radius 3 is 2.33 bits per heavy atom. The third-order valence-corrected chi connectivity index (χ3v) is 2.83. The van der Waals surface area contributed by atoms with Gasteiger partial charge in [0.1, 0.15) is 0 Å². The molecule has 100 valence electrons. The summed E-state index contributed by atoms with van der Waals surface area (Å²) in [5.41, 5.74) is 0.195. The van der Waals surface area contributed by atoms with Crippen LogP contribution in [0.5, 0.6) is 0 Å². The number of carbonyl (C=O) groups excluding carboxylic acids is 3. The van der Waals surface area contributed by atoms with Gasteiger partial charge in [-0.15, -0.1) is 0 Å². The monoisotopic (exact) mass is 254 g/mol. The van der Waals surface area contributed by atoms with E-state index in [1.165, 1.54) is 6.92 Å². The Kier molecular flexibility index (Phi) is 5.55. The predicted molar refractivity (Wildman–Crippen MR) is 63.4 cm³/mol. The van der Waals surface area contributed by atoms with Crippen molar-refractivity contribution in [3.05, 3.63) is 12.2 Å². The molecule has 0 aromatic heterocycles. The molecule has 0 saturated heterocycles. The molecule has 0 N–H and O–H groups in total. The Labute approximate surface area is 106 Å². The van der Waals surface area contributed by atoms with E-state index in [0.29, 0.717) is 5.92 Å². The molecule has 1 aliphatic rings. The average molecular weight is 254 g/mol. The van der Waals surface area contributed by atoms with Crippen LogP contribution in [0.15, 0.2) is 12.2 Å². The smallest absolute Gasteiger partial charge is 0.351 e. The van der Waals surface area contributed by atoms with Crippen LogP contribution in [-0.4, -0.2) is 24.5 Å². The lowest BCUT2D eigenvalue weighted by atomic mass is 10.1. The molecule has 0 amide bonds. The van der Waals surface area contributed by atoms with Gasteiger partial charge in [0.2, 0.25) is 0 Å². The fourth-order valence-corrected chi connectivity index (χ4v) is 1.90. The molecule has 1 saturated carbocycles. The number of ether oxygens (including phenoxy) is 2. The molecular weight excluding hydrogens is 236 g/mol. The van der Waals surface area contributed by atoms with Crippen molar-refractivity contribution in [2.45, 2.75) is 39.0 Å². The summed E-state index contributed by atoms with van der Waals surface area (Å²) >= 11 is 0. The van der Waals surface area contributed by atoms with Crippen LogP contribution in [0, 0.1) is 5.92 Å². The molecule has 0 unspecified atom stereocenters. The molecule has 0 atom stereocenters. The highest BCUT2D eigenvalue weighted by Gasteiger charge is 2.21. The van der Waals surface area contributed by atoms with E-state index >= 15 is 0 Å². The first-order valence-electron chi connectivity index (χ1n) is 6.05. The summed E-state index contributed by atoms with van der Waals surface area (Å²) in [6.07, 6.45) is 4.53. The van der Waals surface area contributed by atoms with Crippen molar-refractivity contribution in [3.63, 3.8) is 0 Å². The van der Waals surface area contributed by atoms with Gasteiger partial charge in [-0.2, -0.15) is 0 Å². The second kappa shape index (κ2) is 6.93. The summed E-state index contributed by atoms with van der Waals surface area (Å²) in [5.74, 6) is -1.73. The second-order valence-corrected chi connectivity index (χ2v) is 4.56. The summed E-state index contributed by atoms with van der Waals surface area (Å²) in [6, 6.07) is 0. The molecule has 0 heterocycles.